The van der Waals surface area contributed by atoms with E-state index in [0.717, 1.165) is 16.3 Å². The number of esters is 1. The Hall–Kier alpha value is -4.16. The Kier molecular flexibility index (Phi) is 6.97. The number of ether oxygens (including phenoxy) is 2. The number of nitrogens with one attached hydrogen (secondary N) is 1. The van der Waals surface area contributed by atoms with Crippen LogP contribution < -0.4 is 14.9 Å². The molecule has 164 valence electrons. The first-order chi connectivity index (χ1) is 16.1. The van der Waals surface area contributed by atoms with Gasteiger partial charge in [0.2, 0.25) is 0 Å². The summed E-state index contributed by atoms with van der Waals surface area (Å²) in [5.41, 5.74) is 3.62. The molecule has 7 heteroatoms. The van der Waals surface area contributed by atoms with Crippen LogP contribution in [0.1, 0.15) is 15.9 Å². The Morgan fingerprint density at radius 2 is 1.55 bits per heavy atom. The molecule has 6 nitrogen and oxygen atoms in total. The summed E-state index contributed by atoms with van der Waals surface area (Å²) in [6.45, 7) is -0.179. The maximum atomic E-state index is 12.6. The van der Waals surface area contributed by atoms with Crippen LogP contribution in [-0.2, 0) is 4.79 Å². The number of carbonyl (C=O) groups excluding carboxylic acids is 2. The summed E-state index contributed by atoms with van der Waals surface area (Å²) in [5, 5.41) is 6.30. The highest BCUT2D eigenvalue weighted by Crippen LogP contribution is 2.21. The highest BCUT2D eigenvalue weighted by Gasteiger charge is 2.12. The molecule has 1 amide bonds. The zero-order valence-corrected chi connectivity index (χ0v) is 18.2. The number of carbonyl (C=O) groups is 2. The van der Waals surface area contributed by atoms with E-state index >= 15 is 0 Å². The average molecular weight is 459 g/mol. The van der Waals surface area contributed by atoms with Gasteiger partial charge in [-0.3, -0.25) is 4.79 Å². The van der Waals surface area contributed by atoms with Crippen LogP contribution in [0, 0.1) is 0 Å². The third kappa shape index (κ3) is 5.96. The fourth-order valence-corrected chi connectivity index (χ4v) is 3.20. The Balaban J connectivity index is 1.29. The van der Waals surface area contributed by atoms with E-state index in [4.69, 9.17) is 21.1 Å². The van der Waals surface area contributed by atoms with Crippen LogP contribution in [0.2, 0.25) is 5.02 Å². The largest absolute Gasteiger partial charge is 0.484 e. The maximum Gasteiger partial charge on any atom is 0.344 e. The van der Waals surface area contributed by atoms with Gasteiger partial charge in [0, 0.05) is 5.02 Å². The number of nitrogens with zero attached hydrogens (tertiary/aromatic N) is 1. The molecule has 0 radical (unpaired) electrons. The van der Waals surface area contributed by atoms with E-state index in [-0.39, 0.29) is 6.61 Å². The van der Waals surface area contributed by atoms with Gasteiger partial charge in [-0.2, -0.15) is 5.10 Å². The summed E-state index contributed by atoms with van der Waals surface area (Å²) in [4.78, 5) is 24.5. The summed E-state index contributed by atoms with van der Waals surface area (Å²) in [6, 6.07) is 26.6. The van der Waals surface area contributed by atoms with Crippen molar-refractivity contribution in [2.45, 2.75) is 0 Å². The van der Waals surface area contributed by atoms with Gasteiger partial charge in [0.25, 0.3) is 5.91 Å². The molecular weight excluding hydrogens is 440 g/mol. The van der Waals surface area contributed by atoms with Crippen LogP contribution in [0.15, 0.2) is 96.1 Å². The summed E-state index contributed by atoms with van der Waals surface area (Å²) in [5.74, 6) is 0.112. The summed E-state index contributed by atoms with van der Waals surface area (Å²) < 4.78 is 10.9. The van der Waals surface area contributed by atoms with Crippen LogP contribution >= 0.6 is 11.6 Å². The van der Waals surface area contributed by atoms with Crippen LogP contribution in [0.25, 0.3) is 10.8 Å². The molecule has 0 saturated carbocycles. The third-order valence-corrected chi connectivity index (χ3v) is 4.94. The molecule has 0 spiro atoms. The van der Waals surface area contributed by atoms with Crippen molar-refractivity contribution in [1.82, 2.24) is 5.43 Å². The molecule has 0 aliphatic heterocycles. The second-order valence-corrected chi connectivity index (χ2v) is 7.46. The van der Waals surface area contributed by atoms with Gasteiger partial charge < -0.3 is 9.47 Å². The van der Waals surface area contributed by atoms with Gasteiger partial charge in [-0.25, -0.2) is 10.2 Å². The summed E-state index contributed by atoms with van der Waals surface area (Å²) >= 11 is 5.81. The molecule has 0 aliphatic rings. The number of hydrogen-bond acceptors (Lipinski definition) is 5. The molecule has 0 heterocycles. The molecule has 0 aliphatic carbocycles. The number of benzene rings is 4. The highest BCUT2D eigenvalue weighted by molar-refractivity contribution is 6.30. The molecule has 0 aromatic heterocycles. The van der Waals surface area contributed by atoms with Crippen molar-refractivity contribution >= 4 is 40.5 Å². The quantitative estimate of drug-likeness (QED) is 0.178. The van der Waals surface area contributed by atoms with Gasteiger partial charge in [-0.05, 0) is 70.9 Å². The van der Waals surface area contributed by atoms with Gasteiger partial charge in [-0.1, -0.05) is 48.0 Å². The number of hydrogen-bond donors (Lipinski definition) is 1. The summed E-state index contributed by atoms with van der Waals surface area (Å²) in [6.07, 6.45) is 1.48. The van der Waals surface area contributed by atoms with Crippen molar-refractivity contribution in [1.29, 1.82) is 0 Å². The second kappa shape index (κ2) is 10.4. The average Bonchev–Trinajstić information content (AvgIpc) is 2.84. The van der Waals surface area contributed by atoms with E-state index in [1.165, 1.54) is 6.21 Å². The number of halogens is 1. The lowest BCUT2D eigenvalue weighted by Crippen LogP contribution is -2.24. The molecule has 0 saturated heterocycles. The van der Waals surface area contributed by atoms with E-state index in [2.05, 4.69) is 10.5 Å². The summed E-state index contributed by atoms with van der Waals surface area (Å²) in [7, 11) is 0. The second-order valence-electron chi connectivity index (χ2n) is 7.02. The Morgan fingerprint density at radius 3 is 2.33 bits per heavy atom. The van der Waals surface area contributed by atoms with Crippen LogP contribution in [0.3, 0.4) is 0 Å². The topological polar surface area (TPSA) is 77.0 Å². The van der Waals surface area contributed by atoms with E-state index in [1.807, 2.05) is 36.4 Å². The smallest absolute Gasteiger partial charge is 0.344 e. The van der Waals surface area contributed by atoms with E-state index < -0.39 is 11.9 Å². The Labute approximate surface area is 195 Å². The first-order valence-corrected chi connectivity index (χ1v) is 10.5. The van der Waals surface area contributed by atoms with Crippen molar-refractivity contribution in [3.8, 4) is 11.5 Å². The van der Waals surface area contributed by atoms with Crippen LogP contribution in [-0.4, -0.2) is 24.7 Å². The molecule has 1 N–H and O–H groups in total. The minimum absolute atomic E-state index is 0.179. The minimum Gasteiger partial charge on any atom is -0.484 e. The standard InChI is InChI=1S/C26H19ClN2O4/c27-20-10-14-21(15-11-20)32-17-25(30)29-28-16-18-8-12-22(13-9-18)33-26(31)24-7-3-5-19-4-1-2-6-23(19)24/h1-16H,17H2,(H,29,30). The van der Waals surface area contributed by atoms with Gasteiger partial charge in [0.1, 0.15) is 11.5 Å². The molecule has 0 bridgehead atoms. The molecule has 4 aromatic rings. The first-order valence-electron chi connectivity index (χ1n) is 10.1. The lowest BCUT2D eigenvalue weighted by Gasteiger charge is -2.07. The van der Waals surface area contributed by atoms with Gasteiger partial charge in [-0.15, -0.1) is 0 Å². The fourth-order valence-electron chi connectivity index (χ4n) is 3.08. The lowest BCUT2D eigenvalue weighted by atomic mass is 10.0. The third-order valence-electron chi connectivity index (χ3n) is 4.69. The zero-order valence-electron chi connectivity index (χ0n) is 17.4. The van der Waals surface area contributed by atoms with E-state index in [1.54, 1.807) is 54.6 Å². The lowest BCUT2D eigenvalue weighted by molar-refractivity contribution is -0.123. The van der Waals surface area contributed by atoms with E-state index in [0.29, 0.717) is 22.1 Å². The SMILES string of the molecule is O=C(COc1ccc(Cl)cc1)NN=Cc1ccc(OC(=O)c2cccc3ccccc23)cc1. The number of fused-ring (bicyclic) bond motifs is 1. The number of amides is 1. The molecule has 0 unspecified atom stereocenters. The Morgan fingerprint density at radius 1 is 0.848 bits per heavy atom. The van der Waals surface area contributed by atoms with Crippen LogP contribution in [0.5, 0.6) is 11.5 Å². The van der Waals surface area contributed by atoms with Crippen LogP contribution in [0.4, 0.5) is 0 Å². The van der Waals surface area contributed by atoms with Gasteiger partial charge in [0.05, 0.1) is 11.8 Å². The van der Waals surface area contributed by atoms with Gasteiger partial charge >= 0.3 is 5.97 Å². The van der Waals surface area contributed by atoms with E-state index in [9.17, 15) is 9.59 Å². The van der Waals surface area contributed by atoms with Gasteiger partial charge in [0.15, 0.2) is 6.61 Å². The van der Waals surface area contributed by atoms with Crippen molar-refractivity contribution in [3.63, 3.8) is 0 Å². The molecule has 0 atom stereocenters. The fraction of sp³-hybridized carbons (Fsp3) is 0.0385. The van der Waals surface area contributed by atoms with Crippen molar-refractivity contribution in [2.75, 3.05) is 6.61 Å². The normalized spacial score (nSPS) is 10.8. The zero-order chi connectivity index (χ0) is 23.0. The Bertz CT molecular complexity index is 1300. The predicted octanol–water partition coefficient (Wildman–Crippen LogP) is 5.24. The highest BCUT2D eigenvalue weighted by atomic mass is 35.5. The molecule has 0 fully saturated rings. The minimum atomic E-state index is -0.429. The van der Waals surface area contributed by atoms with Crippen molar-refractivity contribution in [2.24, 2.45) is 5.10 Å². The monoisotopic (exact) mass is 458 g/mol. The predicted molar refractivity (Wildman–Crippen MR) is 128 cm³/mol. The maximum absolute atomic E-state index is 12.6. The molecule has 4 aromatic carbocycles. The van der Waals surface area contributed by atoms with Crippen molar-refractivity contribution < 1.29 is 19.1 Å². The number of hydrazone groups is 1. The first kappa shape index (κ1) is 22.0. The number of rotatable bonds is 7. The molecular formula is C26H19ClN2O4. The van der Waals surface area contributed by atoms with Crippen molar-refractivity contribution in [3.05, 3.63) is 107 Å². The molecule has 4 rings (SSSR count). The molecule has 33 heavy (non-hydrogen) atoms.